The number of amides is 1. The highest BCUT2D eigenvalue weighted by atomic mass is 79.9. The fraction of sp³-hybridized carbons (Fsp3) is 0.133. The van der Waals surface area contributed by atoms with Crippen LogP contribution in [0.4, 0.5) is 0 Å². The van der Waals surface area contributed by atoms with Gasteiger partial charge in [0.25, 0.3) is 15.9 Å². The molecule has 2 rings (SSSR count). The van der Waals surface area contributed by atoms with Crippen molar-refractivity contribution in [3.05, 3.63) is 63.6 Å². The van der Waals surface area contributed by atoms with E-state index in [4.69, 9.17) is 0 Å². The Bertz CT molecular complexity index is 819. The number of hydrogen-bond acceptors (Lipinski definition) is 3. The maximum absolute atomic E-state index is 12.2. The van der Waals surface area contributed by atoms with Crippen LogP contribution in [0.15, 0.2) is 51.8 Å². The Labute approximate surface area is 137 Å². The number of carbonyl (C=O) groups excluding carboxylic acids is 1. The lowest BCUT2D eigenvalue weighted by molar-refractivity contribution is 0.0944. The van der Waals surface area contributed by atoms with Gasteiger partial charge in [-0.05, 0) is 65.2 Å². The molecule has 0 atom stereocenters. The fourth-order valence-corrected chi connectivity index (χ4v) is 3.16. The van der Waals surface area contributed by atoms with E-state index in [-0.39, 0.29) is 4.90 Å². The smallest absolute Gasteiger partial charge is 0.267 e. The first-order chi connectivity index (χ1) is 10.3. The number of nitrogens with one attached hydrogen (secondary N) is 2. The van der Waals surface area contributed by atoms with Crippen LogP contribution in [-0.4, -0.2) is 14.3 Å². The Balaban J connectivity index is 2.14. The predicted octanol–water partition coefficient (Wildman–Crippen LogP) is 2.69. The van der Waals surface area contributed by atoms with Crippen LogP contribution >= 0.6 is 15.9 Å². The van der Waals surface area contributed by atoms with E-state index in [9.17, 15) is 13.2 Å². The first-order valence-corrected chi connectivity index (χ1v) is 8.73. The topological polar surface area (TPSA) is 75.3 Å². The number of sulfonamides is 1. The molecule has 2 N–H and O–H groups in total. The quantitative estimate of drug-likeness (QED) is 0.798. The normalized spacial score (nSPS) is 11.2. The van der Waals surface area contributed by atoms with Crippen molar-refractivity contribution < 1.29 is 13.2 Å². The van der Waals surface area contributed by atoms with E-state index in [1.807, 2.05) is 13.8 Å². The number of benzene rings is 2. The molecule has 116 valence electrons. The van der Waals surface area contributed by atoms with Crippen LogP contribution < -0.4 is 10.3 Å². The molecule has 0 fully saturated rings. The minimum absolute atomic E-state index is 0.100. The summed E-state index contributed by atoms with van der Waals surface area (Å²) in [4.78, 5) is 14.2. The second-order valence-corrected chi connectivity index (χ2v) is 7.32. The Hall–Kier alpha value is -1.70. The predicted molar refractivity (Wildman–Crippen MR) is 87.8 cm³/mol. The highest BCUT2D eigenvalue weighted by Crippen LogP contribution is 2.16. The molecule has 0 aliphatic carbocycles. The van der Waals surface area contributed by atoms with Crippen LogP contribution in [0.2, 0.25) is 0 Å². The summed E-state index contributed by atoms with van der Waals surface area (Å²) in [5.74, 6) is -0.542. The van der Waals surface area contributed by atoms with Crippen LogP contribution in [0.5, 0.6) is 0 Å². The Morgan fingerprint density at radius 1 is 1.05 bits per heavy atom. The van der Waals surface area contributed by atoms with Gasteiger partial charge in [0.1, 0.15) is 0 Å². The lowest BCUT2D eigenvalue weighted by Gasteiger charge is -2.10. The second-order valence-electron chi connectivity index (χ2n) is 4.79. The highest BCUT2D eigenvalue weighted by molar-refractivity contribution is 9.10. The zero-order chi connectivity index (χ0) is 16.3. The van der Waals surface area contributed by atoms with E-state index in [0.717, 1.165) is 11.1 Å². The molecule has 1 amide bonds. The molecule has 0 radical (unpaired) electrons. The second kappa shape index (κ2) is 6.60. The Morgan fingerprint density at radius 2 is 1.73 bits per heavy atom. The van der Waals surface area contributed by atoms with E-state index < -0.39 is 15.9 Å². The van der Waals surface area contributed by atoms with Crippen molar-refractivity contribution in [2.24, 2.45) is 0 Å². The average Bonchev–Trinajstić information content (AvgIpc) is 2.48. The van der Waals surface area contributed by atoms with Gasteiger partial charge >= 0.3 is 0 Å². The van der Waals surface area contributed by atoms with E-state index in [2.05, 4.69) is 26.2 Å². The van der Waals surface area contributed by atoms with Crippen molar-refractivity contribution in [2.45, 2.75) is 18.7 Å². The largest absolute Gasteiger partial charge is 0.273 e. The first-order valence-electron chi connectivity index (χ1n) is 6.45. The van der Waals surface area contributed by atoms with Gasteiger partial charge in [-0.25, -0.2) is 8.42 Å². The molecule has 0 heterocycles. The van der Waals surface area contributed by atoms with Crippen molar-refractivity contribution in [1.29, 1.82) is 0 Å². The molecule has 0 aliphatic rings. The molecular weight excluding hydrogens is 368 g/mol. The zero-order valence-corrected chi connectivity index (χ0v) is 14.5. The lowest BCUT2D eigenvalue weighted by atomic mass is 10.1. The maximum Gasteiger partial charge on any atom is 0.267 e. The summed E-state index contributed by atoms with van der Waals surface area (Å²) in [6.07, 6.45) is 0. The summed E-state index contributed by atoms with van der Waals surface area (Å²) in [5.41, 5.74) is 4.40. The van der Waals surface area contributed by atoms with E-state index in [1.54, 1.807) is 36.4 Å². The third kappa shape index (κ3) is 3.73. The van der Waals surface area contributed by atoms with Crippen LogP contribution in [-0.2, 0) is 10.0 Å². The van der Waals surface area contributed by atoms with E-state index in [1.165, 1.54) is 6.07 Å². The molecule has 7 heteroatoms. The van der Waals surface area contributed by atoms with Crippen molar-refractivity contribution in [2.75, 3.05) is 0 Å². The summed E-state index contributed by atoms with van der Waals surface area (Å²) in [6.45, 7) is 3.72. The van der Waals surface area contributed by atoms with Gasteiger partial charge in [0.05, 0.1) is 10.5 Å². The number of hydrazine groups is 1. The third-order valence-electron chi connectivity index (χ3n) is 3.21. The molecule has 0 saturated heterocycles. The number of halogens is 1. The molecule has 0 unspecified atom stereocenters. The minimum Gasteiger partial charge on any atom is -0.273 e. The van der Waals surface area contributed by atoms with Gasteiger partial charge in [0, 0.05) is 4.47 Å². The molecule has 0 bridgehead atoms. The molecular formula is C15H15BrN2O3S. The standard InChI is InChI=1S/C15H15BrN2O3S/c1-10-7-8-12(9-11(10)2)22(20,21)18-17-15(19)13-5-3-4-6-14(13)16/h3-9,18H,1-2H3,(H,17,19). The van der Waals surface area contributed by atoms with Crippen LogP contribution in [0, 0.1) is 13.8 Å². The number of aryl methyl sites for hydroxylation is 2. The highest BCUT2D eigenvalue weighted by Gasteiger charge is 2.17. The van der Waals surface area contributed by atoms with Gasteiger partial charge < -0.3 is 0 Å². The molecule has 5 nitrogen and oxygen atoms in total. The zero-order valence-electron chi connectivity index (χ0n) is 12.1. The Kier molecular flexibility index (Phi) is 5.00. The number of hydrogen-bond donors (Lipinski definition) is 2. The molecule has 0 aliphatic heterocycles. The van der Waals surface area contributed by atoms with Gasteiger partial charge in [-0.1, -0.05) is 18.2 Å². The molecule has 0 spiro atoms. The van der Waals surface area contributed by atoms with Gasteiger partial charge in [-0.15, -0.1) is 4.83 Å². The van der Waals surface area contributed by atoms with E-state index in [0.29, 0.717) is 10.0 Å². The summed E-state index contributed by atoms with van der Waals surface area (Å²) in [6, 6.07) is 11.5. The summed E-state index contributed by atoms with van der Waals surface area (Å²) < 4.78 is 24.9. The number of carbonyl (C=O) groups is 1. The van der Waals surface area contributed by atoms with Crippen molar-refractivity contribution in [3.63, 3.8) is 0 Å². The molecule has 22 heavy (non-hydrogen) atoms. The van der Waals surface area contributed by atoms with Gasteiger partial charge in [-0.3, -0.25) is 10.2 Å². The monoisotopic (exact) mass is 382 g/mol. The molecule has 2 aromatic carbocycles. The van der Waals surface area contributed by atoms with Crippen molar-refractivity contribution in [1.82, 2.24) is 10.3 Å². The molecule has 2 aromatic rings. The maximum atomic E-state index is 12.2. The van der Waals surface area contributed by atoms with Crippen LogP contribution in [0.3, 0.4) is 0 Å². The SMILES string of the molecule is Cc1ccc(S(=O)(=O)NNC(=O)c2ccccc2Br)cc1C. The average molecular weight is 383 g/mol. The van der Waals surface area contributed by atoms with Gasteiger partial charge in [-0.2, -0.15) is 0 Å². The minimum atomic E-state index is -3.81. The summed E-state index contributed by atoms with van der Waals surface area (Å²) in [5, 5.41) is 0. The van der Waals surface area contributed by atoms with Crippen molar-refractivity contribution >= 4 is 31.9 Å². The fourth-order valence-electron chi connectivity index (χ4n) is 1.77. The van der Waals surface area contributed by atoms with E-state index >= 15 is 0 Å². The van der Waals surface area contributed by atoms with Crippen LogP contribution in [0.25, 0.3) is 0 Å². The van der Waals surface area contributed by atoms with Crippen molar-refractivity contribution in [3.8, 4) is 0 Å². The summed E-state index contributed by atoms with van der Waals surface area (Å²) >= 11 is 3.24. The molecule has 0 aromatic heterocycles. The molecule has 0 saturated carbocycles. The third-order valence-corrected chi connectivity index (χ3v) is 5.14. The van der Waals surface area contributed by atoms with Gasteiger partial charge in [0.2, 0.25) is 0 Å². The Morgan fingerprint density at radius 3 is 2.36 bits per heavy atom. The number of rotatable bonds is 4. The van der Waals surface area contributed by atoms with Crippen LogP contribution in [0.1, 0.15) is 21.5 Å². The lowest BCUT2D eigenvalue weighted by Crippen LogP contribution is -2.41. The van der Waals surface area contributed by atoms with Gasteiger partial charge in [0.15, 0.2) is 0 Å². The first kappa shape index (κ1) is 16.7. The summed E-state index contributed by atoms with van der Waals surface area (Å²) in [7, 11) is -3.81.